The molecule has 1 aromatic heterocycles. The summed E-state index contributed by atoms with van der Waals surface area (Å²) in [6.45, 7) is 2.00. The van der Waals surface area contributed by atoms with Crippen LogP contribution in [0.4, 0.5) is 0 Å². The lowest BCUT2D eigenvalue weighted by Crippen LogP contribution is -2.31. The van der Waals surface area contributed by atoms with Crippen molar-refractivity contribution >= 4 is 22.9 Å². The number of benzene rings is 2. The van der Waals surface area contributed by atoms with Crippen molar-refractivity contribution < 1.29 is 15.1 Å². The van der Waals surface area contributed by atoms with Crippen molar-refractivity contribution in [2.24, 2.45) is 7.05 Å². The average Bonchev–Trinajstić information content (AvgIpc) is 3.38. The van der Waals surface area contributed by atoms with E-state index in [1.807, 2.05) is 6.07 Å². The number of hydroxylamine groups is 1. The molecule has 1 heterocycles. The molecular weight excluding hydrogens is 402 g/mol. The highest BCUT2D eigenvalue weighted by Crippen LogP contribution is 2.37. The first-order chi connectivity index (χ1) is 15.6. The molecule has 2 aromatic carbocycles. The van der Waals surface area contributed by atoms with Gasteiger partial charge in [-0.2, -0.15) is 0 Å². The van der Waals surface area contributed by atoms with Gasteiger partial charge in [0.25, 0.3) is 5.91 Å². The predicted octanol–water partition coefficient (Wildman–Crippen LogP) is 3.61. The Kier molecular flexibility index (Phi) is 7.05. The standard InChI is InChI=1S/C26H31N3O3/c1-28-18-21(22-5-2-3-6-24(22)28)13-15-29(14-4-16-30)25-11-9-20-17-19(7-10-23(20)25)8-12-26(31)27-32/h2-3,5-8,10,12,17-18,25,30,32H,4,9,11,13-16H2,1H3,(H,27,31)/t25-/m1/s1. The molecule has 0 radical (unpaired) electrons. The molecule has 1 atom stereocenters. The highest BCUT2D eigenvalue weighted by Gasteiger charge is 2.27. The maximum atomic E-state index is 11.3. The topological polar surface area (TPSA) is 77.7 Å². The molecule has 32 heavy (non-hydrogen) atoms. The highest BCUT2D eigenvalue weighted by atomic mass is 16.5. The number of rotatable bonds is 9. The van der Waals surface area contributed by atoms with Gasteiger partial charge in [-0.1, -0.05) is 36.4 Å². The molecule has 6 nitrogen and oxygen atoms in total. The van der Waals surface area contributed by atoms with Crippen molar-refractivity contribution in [2.75, 3.05) is 19.7 Å². The molecule has 0 saturated heterocycles. The third kappa shape index (κ3) is 4.78. The molecule has 0 bridgehead atoms. The van der Waals surface area contributed by atoms with Gasteiger partial charge in [0.15, 0.2) is 0 Å². The van der Waals surface area contributed by atoms with E-state index in [4.69, 9.17) is 5.21 Å². The zero-order chi connectivity index (χ0) is 22.5. The second-order valence-electron chi connectivity index (χ2n) is 8.47. The third-order valence-corrected chi connectivity index (χ3v) is 6.44. The smallest absolute Gasteiger partial charge is 0.267 e. The molecule has 4 rings (SSSR count). The van der Waals surface area contributed by atoms with E-state index in [0.717, 1.165) is 44.3 Å². The van der Waals surface area contributed by atoms with E-state index >= 15 is 0 Å². The zero-order valence-corrected chi connectivity index (χ0v) is 18.5. The van der Waals surface area contributed by atoms with Crippen LogP contribution in [0.15, 0.2) is 54.7 Å². The second-order valence-corrected chi connectivity index (χ2v) is 8.47. The van der Waals surface area contributed by atoms with Crippen molar-refractivity contribution in [3.05, 3.63) is 77.0 Å². The molecule has 6 heteroatoms. The van der Waals surface area contributed by atoms with Crippen LogP contribution in [0.5, 0.6) is 0 Å². The van der Waals surface area contributed by atoms with Gasteiger partial charge in [0.2, 0.25) is 0 Å². The number of aryl methyl sites for hydroxylation is 2. The number of aliphatic hydroxyl groups excluding tert-OH is 1. The van der Waals surface area contributed by atoms with Gasteiger partial charge in [-0.25, -0.2) is 5.48 Å². The average molecular weight is 434 g/mol. The molecular formula is C26H31N3O3. The Morgan fingerprint density at radius 3 is 2.91 bits per heavy atom. The van der Waals surface area contributed by atoms with Gasteiger partial charge in [0.05, 0.1) is 0 Å². The first-order valence-corrected chi connectivity index (χ1v) is 11.2. The summed E-state index contributed by atoms with van der Waals surface area (Å²) < 4.78 is 2.19. The van der Waals surface area contributed by atoms with Crippen LogP contribution < -0.4 is 5.48 Å². The monoisotopic (exact) mass is 433 g/mol. The Morgan fingerprint density at radius 1 is 1.25 bits per heavy atom. The normalized spacial score (nSPS) is 15.7. The molecule has 0 spiro atoms. The predicted molar refractivity (Wildman–Crippen MR) is 126 cm³/mol. The van der Waals surface area contributed by atoms with Gasteiger partial charge in [-0.3, -0.25) is 14.9 Å². The number of hydrogen-bond acceptors (Lipinski definition) is 4. The number of aromatic nitrogens is 1. The van der Waals surface area contributed by atoms with Crippen LogP contribution in [0.2, 0.25) is 0 Å². The summed E-state index contributed by atoms with van der Waals surface area (Å²) in [5.74, 6) is -0.535. The molecule has 1 aliphatic rings. The van der Waals surface area contributed by atoms with Crippen LogP contribution in [-0.4, -0.2) is 45.4 Å². The third-order valence-electron chi connectivity index (χ3n) is 6.44. The number of carbonyl (C=O) groups is 1. The van der Waals surface area contributed by atoms with Crippen molar-refractivity contribution in [1.29, 1.82) is 0 Å². The summed E-state index contributed by atoms with van der Waals surface area (Å²) in [6.07, 6.45) is 9.06. The molecule has 0 fully saturated rings. The number of amides is 1. The van der Waals surface area contributed by atoms with Crippen molar-refractivity contribution in [3.8, 4) is 0 Å². The molecule has 0 unspecified atom stereocenters. The van der Waals surface area contributed by atoms with E-state index < -0.39 is 5.91 Å². The molecule has 1 amide bonds. The van der Waals surface area contributed by atoms with Crippen LogP contribution in [0, 0.1) is 0 Å². The zero-order valence-electron chi connectivity index (χ0n) is 18.5. The Balaban J connectivity index is 1.52. The Hall–Kier alpha value is -2.93. The number of hydrogen-bond donors (Lipinski definition) is 3. The van der Waals surface area contributed by atoms with Crippen LogP contribution in [0.1, 0.15) is 41.1 Å². The van der Waals surface area contributed by atoms with E-state index in [9.17, 15) is 9.90 Å². The minimum Gasteiger partial charge on any atom is -0.396 e. The maximum Gasteiger partial charge on any atom is 0.267 e. The summed E-state index contributed by atoms with van der Waals surface area (Å²) in [5, 5.41) is 19.4. The quantitative estimate of drug-likeness (QED) is 0.274. The largest absolute Gasteiger partial charge is 0.396 e. The van der Waals surface area contributed by atoms with Crippen LogP contribution in [0.25, 0.3) is 17.0 Å². The molecule has 1 aliphatic carbocycles. The van der Waals surface area contributed by atoms with E-state index in [1.54, 1.807) is 11.6 Å². The second kappa shape index (κ2) is 10.1. The van der Waals surface area contributed by atoms with Gasteiger partial charge >= 0.3 is 0 Å². The first kappa shape index (κ1) is 22.3. The van der Waals surface area contributed by atoms with Crippen LogP contribution in [-0.2, 0) is 24.7 Å². The number of nitrogens with zero attached hydrogens (tertiary/aromatic N) is 2. The fourth-order valence-electron chi connectivity index (χ4n) is 4.89. The van der Waals surface area contributed by atoms with Gasteiger partial charge in [0.1, 0.15) is 0 Å². The molecule has 0 aliphatic heterocycles. The van der Waals surface area contributed by atoms with E-state index in [2.05, 4.69) is 59.1 Å². The lowest BCUT2D eigenvalue weighted by Gasteiger charge is -2.29. The van der Waals surface area contributed by atoms with Crippen molar-refractivity contribution in [1.82, 2.24) is 14.9 Å². The highest BCUT2D eigenvalue weighted by molar-refractivity contribution is 5.90. The number of nitrogens with one attached hydrogen (secondary N) is 1. The number of para-hydroxylation sites is 1. The number of fused-ring (bicyclic) bond motifs is 2. The maximum absolute atomic E-state index is 11.3. The summed E-state index contributed by atoms with van der Waals surface area (Å²) in [4.78, 5) is 13.8. The Morgan fingerprint density at radius 2 is 2.09 bits per heavy atom. The van der Waals surface area contributed by atoms with Crippen molar-refractivity contribution in [2.45, 2.75) is 31.7 Å². The SMILES string of the molecule is Cn1cc(CCN(CCCO)[C@@H]2CCc3cc(C=CC(=O)NO)ccc32)c2ccccc21. The molecule has 3 aromatic rings. The van der Waals surface area contributed by atoms with E-state index in [0.29, 0.717) is 6.04 Å². The van der Waals surface area contributed by atoms with Crippen LogP contribution >= 0.6 is 0 Å². The first-order valence-electron chi connectivity index (χ1n) is 11.2. The van der Waals surface area contributed by atoms with Gasteiger partial charge in [-0.05, 0) is 60.1 Å². The Bertz CT molecular complexity index is 1120. The summed E-state index contributed by atoms with van der Waals surface area (Å²) in [6, 6.07) is 15.2. The number of aliphatic hydroxyl groups is 1. The minimum atomic E-state index is -0.535. The molecule has 168 valence electrons. The Labute approximate surface area is 188 Å². The van der Waals surface area contributed by atoms with Gasteiger partial charge < -0.3 is 9.67 Å². The minimum absolute atomic E-state index is 0.195. The van der Waals surface area contributed by atoms with Gasteiger partial charge in [0, 0.05) is 56.0 Å². The summed E-state index contributed by atoms with van der Waals surface area (Å²) in [5.41, 5.74) is 7.82. The molecule has 0 saturated carbocycles. The lowest BCUT2D eigenvalue weighted by atomic mass is 10.0. The summed E-state index contributed by atoms with van der Waals surface area (Å²) >= 11 is 0. The summed E-state index contributed by atoms with van der Waals surface area (Å²) in [7, 11) is 2.10. The lowest BCUT2D eigenvalue weighted by molar-refractivity contribution is -0.124. The molecule has 3 N–H and O–H groups in total. The van der Waals surface area contributed by atoms with E-state index in [1.165, 1.54) is 33.7 Å². The fourth-order valence-corrected chi connectivity index (χ4v) is 4.89. The number of carbonyl (C=O) groups excluding carboxylic acids is 1. The van der Waals surface area contributed by atoms with E-state index in [-0.39, 0.29) is 6.61 Å². The van der Waals surface area contributed by atoms with Crippen LogP contribution in [0.3, 0.4) is 0 Å². The fraction of sp³-hybridized carbons (Fsp3) is 0.346. The van der Waals surface area contributed by atoms with Gasteiger partial charge in [-0.15, -0.1) is 0 Å². The van der Waals surface area contributed by atoms with Crippen molar-refractivity contribution in [3.63, 3.8) is 0 Å².